The molecule has 0 aliphatic heterocycles. The maximum Gasteiger partial charge on any atom is 0.197 e. The molecule has 0 spiro atoms. The van der Waals surface area contributed by atoms with Gasteiger partial charge in [-0.2, -0.15) is 0 Å². The average molecular weight is 654 g/mol. The van der Waals surface area contributed by atoms with E-state index >= 15 is 0 Å². The van der Waals surface area contributed by atoms with E-state index in [1.54, 1.807) is 0 Å². The Kier molecular flexibility index (Phi) is 9.90. The second-order valence-electron chi connectivity index (χ2n) is 7.25. The van der Waals surface area contributed by atoms with Gasteiger partial charge in [-0.1, -0.05) is 31.5 Å². The Bertz CT molecular complexity index is 994. The first kappa shape index (κ1) is 25.4. The zero-order valence-corrected chi connectivity index (χ0v) is 22.5. The van der Waals surface area contributed by atoms with Crippen molar-refractivity contribution < 1.29 is 13.9 Å². The zero-order chi connectivity index (χ0) is 21.0. The predicted molar refractivity (Wildman–Crippen MR) is 141 cm³/mol. The molecule has 7 heteroatoms. The molecule has 0 aliphatic rings. The van der Waals surface area contributed by atoms with Crippen LogP contribution in [0.3, 0.4) is 0 Å². The molecule has 0 amide bonds. The largest absolute Gasteiger partial charge is 0.490 e. The summed E-state index contributed by atoms with van der Waals surface area (Å²) in [6.45, 7) is 3.60. The number of hydrogen-bond acceptors (Lipinski definition) is 4. The molecule has 30 heavy (non-hydrogen) atoms. The second kappa shape index (κ2) is 11.7. The smallest absolute Gasteiger partial charge is 0.197 e. The van der Waals surface area contributed by atoms with E-state index in [0.29, 0.717) is 17.7 Å². The molecule has 2 aromatic carbocycles. The summed E-state index contributed by atoms with van der Waals surface area (Å²) in [5.74, 6) is 1.64. The Morgan fingerprint density at radius 2 is 1.80 bits per heavy atom. The van der Waals surface area contributed by atoms with E-state index < -0.39 is 0 Å². The molecule has 0 bridgehead atoms. The van der Waals surface area contributed by atoms with Crippen molar-refractivity contribution in [2.75, 3.05) is 27.2 Å². The van der Waals surface area contributed by atoms with Gasteiger partial charge in [0.2, 0.25) is 0 Å². The summed E-state index contributed by atoms with van der Waals surface area (Å²) >= 11 is 4.50. The van der Waals surface area contributed by atoms with Gasteiger partial charge >= 0.3 is 0 Å². The van der Waals surface area contributed by atoms with Crippen LogP contribution in [-0.2, 0) is 6.42 Å². The van der Waals surface area contributed by atoms with Gasteiger partial charge in [0.1, 0.15) is 23.7 Å². The number of furan rings is 1. The van der Waals surface area contributed by atoms with Crippen LogP contribution in [0.4, 0.5) is 0 Å². The molecule has 162 valence electrons. The number of halogens is 3. The van der Waals surface area contributed by atoms with E-state index in [0.717, 1.165) is 55.4 Å². The van der Waals surface area contributed by atoms with Crippen LogP contribution in [-0.4, -0.2) is 37.9 Å². The number of para-hydroxylation sites is 1. The molecule has 0 N–H and O–H groups in total. The zero-order valence-electron chi connectivity index (χ0n) is 17.3. The Morgan fingerprint density at radius 1 is 1.13 bits per heavy atom. The Hall–Kier alpha value is -0.840. The van der Waals surface area contributed by atoms with Crippen LogP contribution in [0.1, 0.15) is 41.4 Å². The standard InChI is InChI=1S/C23H25I2NO3.ClH/c1-4-5-9-20-21(16-8-6-7-10-19(16)29-20)22(27)15-13-17(24)23(18(25)14-15)28-12-11-26(2)3;/h6-8,10,13-14H,4-5,9,11-12H2,1-3H3;1H. The summed E-state index contributed by atoms with van der Waals surface area (Å²) in [4.78, 5) is 15.6. The fraction of sp³-hybridized carbons (Fsp3) is 0.348. The molecular weight excluding hydrogens is 628 g/mol. The highest BCUT2D eigenvalue weighted by molar-refractivity contribution is 14.1. The Balaban J connectivity index is 0.00000320. The van der Waals surface area contributed by atoms with Crippen molar-refractivity contribution in [3.8, 4) is 5.75 Å². The molecule has 1 heterocycles. The highest BCUT2D eigenvalue weighted by Gasteiger charge is 2.23. The number of carbonyl (C=O) groups excluding carboxylic acids is 1. The molecule has 3 rings (SSSR count). The minimum atomic E-state index is 0. The minimum Gasteiger partial charge on any atom is -0.490 e. The van der Waals surface area contributed by atoms with Crippen LogP contribution in [0.15, 0.2) is 40.8 Å². The van der Waals surface area contributed by atoms with Gasteiger partial charge in [0, 0.05) is 23.9 Å². The molecule has 4 nitrogen and oxygen atoms in total. The number of benzene rings is 2. The Labute approximate surface area is 211 Å². The van der Waals surface area contributed by atoms with E-state index in [9.17, 15) is 4.79 Å². The van der Waals surface area contributed by atoms with Crippen LogP contribution in [0.25, 0.3) is 11.0 Å². The van der Waals surface area contributed by atoms with E-state index in [4.69, 9.17) is 9.15 Å². The number of ether oxygens (including phenoxy) is 1. The van der Waals surface area contributed by atoms with Crippen LogP contribution in [0, 0.1) is 7.14 Å². The number of unbranched alkanes of at least 4 members (excludes halogenated alkanes) is 1. The summed E-state index contributed by atoms with van der Waals surface area (Å²) in [6.07, 6.45) is 2.82. The van der Waals surface area contributed by atoms with Crippen LogP contribution < -0.4 is 4.74 Å². The van der Waals surface area contributed by atoms with Gasteiger partial charge in [-0.3, -0.25) is 4.79 Å². The number of likely N-dealkylation sites (N-methyl/N-ethyl adjacent to an activating group) is 1. The molecular formula is C23H26ClI2NO3. The summed E-state index contributed by atoms with van der Waals surface area (Å²) < 4.78 is 13.9. The summed E-state index contributed by atoms with van der Waals surface area (Å²) in [7, 11) is 4.04. The first-order valence-electron chi connectivity index (χ1n) is 9.74. The van der Waals surface area contributed by atoms with E-state index in [1.165, 1.54) is 0 Å². The highest BCUT2D eigenvalue weighted by Crippen LogP contribution is 2.33. The average Bonchev–Trinajstić information content (AvgIpc) is 3.05. The van der Waals surface area contributed by atoms with Gasteiger partial charge in [-0.05, 0) is 83.9 Å². The summed E-state index contributed by atoms with van der Waals surface area (Å²) in [5.41, 5.74) is 2.14. The van der Waals surface area contributed by atoms with Crippen molar-refractivity contribution in [2.24, 2.45) is 0 Å². The van der Waals surface area contributed by atoms with Crippen molar-refractivity contribution >= 4 is 74.3 Å². The monoisotopic (exact) mass is 653 g/mol. The lowest BCUT2D eigenvalue weighted by atomic mass is 9.98. The van der Waals surface area contributed by atoms with Crippen LogP contribution in [0.2, 0.25) is 0 Å². The number of carbonyl (C=O) groups is 1. The lowest BCUT2D eigenvalue weighted by Crippen LogP contribution is -2.20. The fourth-order valence-corrected chi connectivity index (χ4v) is 5.24. The van der Waals surface area contributed by atoms with Gasteiger partial charge in [-0.25, -0.2) is 0 Å². The number of hydrogen-bond donors (Lipinski definition) is 0. The molecule has 0 aliphatic carbocycles. The molecule has 0 atom stereocenters. The Morgan fingerprint density at radius 3 is 2.43 bits per heavy atom. The maximum atomic E-state index is 13.5. The molecule has 0 radical (unpaired) electrons. The predicted octanol–water partition coefficient (Wildman–Crippen LogP) is 6.58. The van der Waals surface area contributed by atoms with E-state index in [1.807, 2.05) is 50.5 Å². The second-order valence-corrected chi connectivity index (χ2v) is 9.57. The quantitative estimate of drug-likeness (QED) is 0.194. The molecule has 0 fully saturated rings. The number of ketones is 1. The van der Waals surface area contributed by atoms with Crippen LogP contribution >= 0.6 is 57.6 Å². The SMILES string of the molecule is CCCCc1oc2ccccc2c1C(=O)c1cc(I)c(OCCN(C)C)c(I)c1.Cl. The van der Waals surface area contributed by atoms with Crippen molar-refractivity contribution in [3.63, 3.8) is 0 Å². The minimum absolute atomic E-state index is 0. The summed E-state index contributed by atoms with van der Waals surface area (Å²) in [6, 6.07) is 11.6. The number of fused-ring (bicyclic) bond motifs is 1. The molecule has 0 saturated carbocycles. The van der Waals surface area contributed by atoms with E-state index in [2.05, 4.69) is 57.0 Å². The third-order valence-corrected chi connectivity index (χ3v) is 6.30. The first-order valence-corrected chi connectivity index (χ1v) is 11.9. The van der Waals surface area contributed by atoms with Crippen molar-refractivity contribution in [1.82, 2.24) is 4.90 Å². The van der Waals surface area contributed by atoms with Gasteiger partial charge in [-0.15, -0.1) is 12.4 Å². The maximum absolute atomic E-state index is 13.5. The molecule has 1 aromatic heterocycles. The number of aryl methyl sites for hydroxylation is 1. The lowest BCUT2D eigenvalue weighted by molar-refractivity contribution is 0.103. The third-order valence-electron chi connectivity index (χ3n) is 4.70. The first-order chi connectivity index (χ1) is 13.9. The molecule has 3 aromatic rings. The molecule has 0 saturated heterocycles. The van der Waals surface area contributed by atoms with Gasteiger partial charge in [0.25, 0.3) is 0 Å². The highest BCUT2D eigenvalue weighted by atomic mass is 127. The van der Waals surface area contributed by atoms with Crippen molar-refractivity contribution in [2.45, 2.75) is 26.2 Å². The van der Waals surface area contributed by atoms with Gasteiger partial charge in [0.05, 0.1) is 12.7 Å². The molecule has 0 unspecified atom stereocenters. The normalized spacial score (nSPS) is 11.0. The van der Waals surface area contributed by atoms with Crippen LogP contribution in [0.5, 0.6) is 5.75 Å². The lowest BCUT2D eigenvalue weighted by Gasteiger charge is -2.14. The number of rotatable bonds is 9. The fourth-order valence-electron chi connectivity index (χ4n) is 3.16. The summed E-state index contributed by atoms with van der Waals surface area (Å²) in [5, 5.41) is 0.889. The third kappa shape index (κ3) is 5.89. The van der Waals surface area contributed by atoms with Crippen molar-refractivity contribution in [3.05, 3.63) is 60.4 Å². The van der Waals surface area contributed by atoms with Gasteiger partial charge in [0.15, 0.2) is 5.78 Å². The van der Waals surface area contributed by atoms with E-state index in [-0.39, 0.29) is 18.2 Å². The van der Waals surface area contributed by atoms with Gasteiger partial charge < -0.3 is 14.1 Å². The number of nitrogens with zero attached hydrogens (tertiary/aromatic N) is 1. The van der Waals surface area contributed by atoms with Crippen molar-refractivity contribution in [1.29, 1.82) is 0 Å². The topological polar surface area (TPSA) is 42.7 Å².